The average Bonchev–Trinajstić information content (AvgIpc) is 3.26. The van der Waals surface area contributed by atoms with Crippen LogP contribution < -0.4 is 5.73 Å². The van der Waals surface area contributed by atoms with Gasteiger partial charge in [0.05, 0.1) is 24.4 Å². The number of nitrogens with two attached hydrogens (primary N) is 1. The molecule has 0 aliphatic heterocycles. The third kappa shape index (κ3) is 2.34. The molecule has 3 heterocycles. The molecule has 0 fully saturated rings. The van der Waals surface area contributed by atoms with Gasteiger partial charge in [-0.25, -0.2) is 9.67 Å². The van der Waals surface area contributed by atoms with E-state index in [9.17, 15) is 0 Å². The number of nitrogens with zero attached hydrogens (tertiary/aromatic N) is 6. The first kappa shape index (κ1) is 13.9. The van der Waals surface area contributed by atoms with Gasteiger partial charge in [0.1, 0.15) is 5.69 Å². The van der Waals surface area contributed by atoms with Crippen molar-refractivity contribution in [2.24, 2.45) is 0 Å². The molecule has 3 aromatic heterocycles. The summed E-state index contributed by atoms with van der Waals surface area (Å²) in [6.07, 6.45) is 1.56. The number of nitrogen functional groups attached to an aromatic ring is 1. The van der Waals surface area contributed by atoms with Crippen LogP contribution in [0.3, 0.4) is 0 Å². The highest BCUT2D eigenvalue weighted by Crippen LogP contribution is 2.25. The Morgan fingerprint density at radius 1 is 1.17 bits per heavy atom. The number of fused-ring (bicyclic) bond motifs is 1. The molecule has 1 aromatic carbocycles. The zero-order chi connectivity index (χ0) is 16.5. The van der Waals surface area contributed by atoms with Crippen LogP contribution >= 0.6 is 0 Å². The Labute approximate surface area is 136 Å². The van der Waals surface area contributed by atoms with Crippen molar-refractivity contribution in [1.82, 2.24) is 25.0 Å². The van der Waals surface area contributed by atoms with E-state index in [-0.39, 0.29) is 5.95 Å². The molecular weight excluding hydrogens is 306 g/mol. The molecule has 0 bridgehead atoms. The molecule has 0 unspecified atom stereocenters. The molecule has 0 aliphatic rings. The molecule has 0 saturated carbocycles. The van der Waals surface area contributed by atoms with Gasteiger partial charge in [0.2, 0.25) is 5.95 Å². The van der Waals surface area contributed by atoms with Crippen molar-refractivity contribution in [3.05, 3.63) is 53.8 Å². The molecule has 0 spiro atoms. The average molecular weight is 317 g/mol. The summed E-state index contributed by atoms with van der Waals surface area (Å²) in [5, 5.41) is 17.2. The van der Waals surface area contributed by atoms with E-state index in [0.717, 1.165) is 5.56 Å². The topological polar surface area (TPSA) is 119 Å². The Balaban J connectivity index is 1.78. The predicted octanol–water partition coefficient (Wildman–Crippen LogP) is 1.98. The van der Waals surface area contributed by atoms with Crippen LogP contribution in [0.1, 0.15) is 11.1 Å². The van der Waals surface area contributed by atoms with E-state index >= 15 is 0 Å². The summed E-state index contributed by atoms with van der Waals surface area (Å²) < 4.78 is 7.02. The van der Waals surface area contributed by atoms with Gasteiger partial charge in [-0.3, -0.25) is 0 Å². The molecule has 24 heavy (non-hydrogen) atoms. The summed E-state index contributed by atoms with van der Waals surface area (Å²) in [5.41, 5.74) is 8.95. The van der Waals surface area contributed by atoms with Crippen molar-refractivity contribution >= 4 is 17.1 Å². The van der Waals surface area contributed by atoms with E-state index in [4.69, 9.17) is 15.4 Å². The van der Waals surface area contributed by atoms with Crippen LogP contribution in [0.4, 0.5) is 5.95 Å². The molecule has 2 N–H and O–H groups in total. The number of anilines is 1. The van der Waals surface area contributed by atoms with Gasteiger partial charge < -0.3 is 10.2 Å². The number of rotatable bonds is 3. The lowest BCUT2D eigenvalue weighted by molar-refractivity contribution is 0.580. The van der Waals surface area contributed by atoms with Gasteiger partial charge in [0, 0.05) is 0 Å². The molecule has 0 radical (unpaired) electrons. The first-order chi connectivity index (χ1) is 11.7. The molecule has 0 atom stereocenters. The molecular formula is C16H11N7O. The largest absolute Gasteiger partial charge is 0.463 e. The minimum absolute atomic E-state index is 0.122. The second-order valence-corrected chi connectivity index (χ2v) is 5.14. The lowest BCUT2D eigenvalue weighted by Gasteiger charge is -2.03. The van der Waals surface area contributed by atoms with Crippen molar-refractivity contribution < 1.29 is 4.42 Å². The second-order valence-electron chi connectivity index (χ2n) is 5.14. The van der Waals surface area contributed by atoms with Crippen molar-refractivity contribution in [3.63, 3.8) is 0 Å². The molecule has 4 rings (SSSR count). The Hall–Kier alpha value is -3.73. The maximum atomic E-state index is 8.86. The van der Waals surface area contributed by atoms with Crippen LogP contribution in [0.15, 0.2) is 47.1 Å². The number of hydrogen-bond donors (Lipinski definition) is 1. The van der Waals surface area contributed by atoms with Crippen LogP contribution in [0.2, 0.25) is 0 Å². The minimum Gasteiger partial charge on any atom is -0.463 e. The highest BCUT2D eigenvalue weighted by molar-refractivity contribution is 5.85. The number of aromatic nitrogens is 5. The van der Waals surface area contributed by atoms with Crippen molar-refractivity contribution in [2.75, 3.05) is 5.73 Å². The van der Waals surface area contributed by atoms with Gasteiger partial charge in [-0.15, -0.1) is 5.10 Å². The van der Waals surface area contributed by atoms with Crippen LogP contribution in [-0.2, 0) is 6.54 Å². The van der Waals surface area contributed by atoms with Gasteiger partial charge in [-0.05, 0) is 29.8 Å². The van der Waals surface area contributed by atoms with Crippen LogP contribution in [0, 0.1) is 11.3 Å². The summed E-state index contributed by atoms with van der Waals surface area (Å²) in [6, 6.07) is 12.9. The molecule has 4 aromatic rings. The number of nitriles is 1. The highest BCUT2D eigenvalue weighted by Gasteiger charge is 2.17. The summed E-state index contributed by atoms with van der Waals surface area (Å²) in [6.45, 7) is 0.455. The standard InChI is InChI=1S/C16H11N7O/c17-8-10-3-5-11(6-4-10)9-23-15-14(21-22-23)13(19-16(18)20-15)12-2-1-7-24-12/h1-7H,9H2,(H2,18,19,20). The van der Waals surface area contributed by atoms with Crippen molar-refractivity contribution in [2.45, 2.75) is 6.54 Å². The Bertz CT molecular complexity index is 1040. The van der Waals surface area contributed by atoms with Crippen LogP contribution in [0.25, 0.3) is 22.6 Å². The van der Waals surface area contributed by atoms with Gasteiger partial charge >= 0.3 is 0 Å². The Morgan fingerprint density at radius 3 is 2.71 bits per heavy atom. The summed E-state index contributed by atoms with van der Waals surface area (Å²) in [7, 11) is 0. The third-order valence-electron chi connectivity index (χ3n) is 3.55. The quantitative estimate of drug-likeness (QED) is 0.613. The number of furan rings is 1. The molecule has 8 heteroatoms. The molecule has 0 amide bonds. The third-order valence-corrected chi connectivity index (χ3v) is 3.55. The minimum atomic E-state index is 0.122. The van der Waals surface area contributed by atoms with Crippen LogP contribution in [-0.4, -0.2) is 25.0 Å². The van der Waals surface area contributed by atoms with E-state index in [2.05, 4.69) is 26.3 Å². The van der Waals surface area contributed by atoms with Crippen molar-refractivity contribution in [3.8, 4) is 17.5 Å². The molecule has 0 saturated heterocycles. The summed E-state index contributed by atoms with van der Waals surface area (Å²) in [5.74, 6) is 0.678. The highest BCUT2D eigenvalue weighted by atomic mass is 16.3. The van der Waals surface area contributed by atoms with Gasteiger partial charge in [-0.2, -0.15) is 10.2 Å². The maximum absolute atomic E-state index is 8.86. The Kier molecular flexibility index (Phi) is 3.17. The molecule has 8 nitrogen and oxygen atoms in total. The maximum Gasteiger partial charge on any atom is 0.222 e. The summed E-state index contributed by atoms with van der Waals surface area (Å²) in [4.78, 5) is 8.45. The SMILES string of the molecule is N#Cc1ccc(Cn2nnc3c(-c4ccco4)nc(N)nc32)cc1. The zero-order valence-electron chi connectivity index (χ0n) is 12.4. The second kappa shape index (κ2) is 5.48. The van der Waals surface area contributed by atoms with E-state index < -0.39 is 0 Å². The lowest BCUT2D eigenvalue weighted by atomic mass is 10.1. The summed E-state index contributed by atoms with van der Waals surface area (Å²) >= 11 is 0. The lowest BCUT2D eigenvalue weighted by Crippen LogP contribution is -2.05. The monoisotopic (exact) mass is 317 g/mol. The zero-order valence-corrected chi connectivity index (χ0v) is 12.4. The van der Waals surface area contributed by atoms with Gasteiger partial charge in [0.25, 0.3) is 0 Å². The first-order valence-corrected chi connectivity index (χ1v) is 7.14. The van der Waals surface area contributed by atoms with E-state index in [1.54, 1.807) is 35.2 Å². The molecule has 0 aliphatic carbocycles. The smallest absolute Gasteiger partial charge is 0.222 e. The van der Waals surface area contributed by atoms with Crippen LogP contribution in [0.5, 0.6) is 0 Å². The van der Waals surface area contributed by atoms with E-state index in [1.165, 1.54) is 0 Å². The van der Waals surface area contributed by atoms with Crippen molar-refractivity contribution in [1.29, 1.82) is 5.26 Å². The fourth-order valence-electron chi connectivity index (χ4n) is 2.42. The fourth-order valence-corrected chi connectivity index (χ4v) is 2.42. The van der Waals surface area contributed by atoms with Gasteiger partial charge in [0.15, 0.2) is 16.9 Å². The fraction of sp³-hybridized carbons (Fsp3) is 0.0625. The predicted molar refractivity (Wildman–Crippen MR) is 85.5 cm³/mol. The first-order valence-electron chi connectivity index (χ1n) is 7.14. The van der Waals surface area contributed by atoms with E-state index in [0.29, 0.717) is 34.7 Å². The number of benzene rings is 1. The Morgan fingerprint density at radius 2 is 2.00 bits per heavy atom. The molecule has 116 valence electrons. The van der Waals surface area contributed by atoms with E-state index in [1.807, 2.05) is 12.1 Å². The normalized spacial score (nSPS) is 10.8. The number of hydrogen-bond acceptors (Lipinski definition) is 7. The van der Waals surface area contributed by atoms with Gasteiger partial charge in [-0.1, -0.05) is 17.3 Å².